The lowest BCUT2D eigenvalue weighted by Crippen LogP contribution is -2.18. The Hall–Kier alpha value is -3.41. The highest BCUT2D eigenvalue weighted by Gasteiger charge is 2.07. The Bertz CT molecular complexity index is 1070. The van der Waals surface area contributed by atoms with E-state index >= 15 is 0 Å². The molecule has 1 N–H and O–H groups in total. The Morgan fingerprint density at radius 3 is 2.68 bits per heavy atom. The van der Waals surface area contributed by atoms with Gasteiger partial charge in [0, 0.05) is 5.56 Å². The van der Waals surface area contributed by atoms with Gasteiger partial charge in [-0.1, -0.05) is 25.5 Å². The Kier molecular flexibility index (Phi) is 5.89. The molecule has 0 atom stereocenters. The van der Waals surface area contributed by atoms with E-state index in [2.05, 4.69) is 24.4 Å². The lowest BCUT2D eigenvalue weighted by atomic mass is 10.1. The van der Waals surface area contributed by atoms with Crippen LogP contribution in [0.2, 0.25) is 0 Å². The van der Waals surface area contributed by atoms with E-state index in [1.54, 1.807) is 36.4 Å². The van der Waals surface area contributed by atoms with Crippen molar-refractivity contribution >= 4 is 23.1 Å². The van der Waals surface area contributed by atoms with Gasteiger partial charge in [0.05, 0.1) is 23.8 Å². The first-order chi connectivity index (χ1) is 13.4. The molecule has 6 nitrogen and oxygen atoms in total. The number of fused-ring (bicyclic) bond motifs is 1. The summed E-state index contributed by atoms with van der Waals surface area (Å²) in [5.41, 5.74) is 4.39. The molecule has 0 aliphatic carbocycles. The lowest BCUT2D eigenvalue weighted by Gasteiger charge is -2.08. The van der Waals surface area contributed by atoms with Gasteiger partial charge in [0.15, 0.2) is 0 Å². The van der Waals surface area contributed by atoms with Gasteiger partial charge in [-0.2, -0.15) is 5.10 Å². The quantitative estimate of drug-likeness (QED) is 0.521. The molecule has 0 unspecified atom stereocenters. The van der Waals surface area contributed by atoms with E-state index in [1.165, 1.54) is 12.5 Å². The number of carbonyl (C=O) groups excluding carboxylic acids is 1. The SMILES string of the molecule is Cc1ccc2occ(C=NNC(=O)c3ccc(OCC(C)C)cc3)c(=O)c2c1. The summed E-state index contributed by atoms with van der Waals surface area (Å²) in [7, 11) is 0. The highest BCUT2D eigenvalue weighted by molar-refractivity contribution is 5.95. The number of carbonyl (C=O) groups is 1. The predicted molar refractivity (Wildman–Crippen MR) is 109 cm³/mol. The van der Waals surface area contributed by atoms with Gasteiger partial charge in [-0.15, -0.1) is 0 Å². The Balaban J connectivity index is 1.67. The van der Waals surface area contributed by atoms with E-state index < -0.39 is 0 Å². The first kappa shape index (κ1) is 19.4. The second-order valence-electron chi connectivity index (χ2n) is 6.95. The van der Waals surface area contributed by atoms with E-state index in [-0.39, 0.29) is 16.9 Å². The maximum Gasteiger partial charge on any atom is 0.271 e. The number of aryl methyl sites for hydroxylation is 1. The van der Waals surface area contributed by atoms with Gasteiger partial charge in [-0.25, -0.2) is 5.43 Å². The summed E-state index contributed by atoms with van der Waals surface area (Å²) >= 11 is 0. The van der Waals surface area contributed by atoms with E-state index in [9.17, 15) is 9.59 Å². The van der Waals surface area contributed by atoms with Crippen molar-refractivity contribution in [1.29, 1.82) is 0 Å². The number of hydrogen-bond donors (Lipinski definition) is 1. The lowest BCUT2D eigenvalue weighted by molar-refractivity contribution is 0.0955. The number of ether oxygens (including phenoxy) is 1. The second kappa shape index (κ2) is 8.52. The van der Waals surface area contributed by atoms with Crippen molar-refractivity contribution < 1.29 is 13.9 Å². The normalized spacial score (nSPS) is 11.3. The fourth-order valence-corrected chi connectivity index (χ4v) is 2.54. The smallest absolute Gasteiger partial charge is 0.271 e. The average molecular weight is 378 g/mol. The van der Waals surface area contributed by atoms with Crippen LogP contribution in [0.1, 0.15) is 35.3 Å². The molecular formula is C22H22N2O4. The molecule has 0 spiro atoms. The number of rotatable bonds is 6. The molecule has 1 heterocycles. The fraction of sp³-hybridized carbons (Fsp3) is 0.227. The number of amides is 1. The minimum absolute atomic E-state index is 0.199. The molecule has 0 aliphatic heterocycles. The highest BCUT2D eigenvalue weighted by Crippen LogP contribution is 2.14. The Morgan fingerprint density at radius 1 is 1.21 bits per heavy atom. The van der Waals surface area contributed by atoms with E-state index in [1.807, 2.05) is 13.0 Å². The van der Waals surface area contributed by atoms with Crippen molar-refractivity contribution in [3.8, 4) is 5.75 Å². The van der Waals surface area contributed by atoms with Crippen molar-refractivity contribution in [2.75, 3.05) is 6.61 Å². The largest absolute Gasteiger partial charge is 0.493 e. The third-order valence-corrected chi connectivity index (χ3v) is 4.02. The molecule has 0 fully saturated rings. The van der Waals surface area contributed by atoms with Gasteiger partial charge in [0.2, 0.25) is 5.43 Å². The standard InChI is InChI=1S/C22H22N2O4/c1-14(2)12-27-18-7-5-16(6-8-18)22(26)24-23-11-17-13-28-20-9-4-15(3)10-19(20)21(17)25/h4-11,13-14H,12H2,1-3H3,(H,24,26). The number of benzene rings is 2. The summed E-state index contributed by atoms with van der Waals surface area (Å²) < 4.78 is 11.0. The molecule has 0 saturated carbocycles. The number of nitrogens with zero attached hydrogens (tertiary/aromatic N) is 1. The van der Waals surface area contributed by atoms with Gasteiger partial charge in [0.1, 0.15) is 17.6 Å². The second-order valence-corrected chi connectivity index (χ2v) is 6.95. The predicted octanol–water partition coefficient (Wildman–Crippen LogP) is 3.90. The number of hydrazone groups is 1. The number of hydrogen-bond acceptors (Lipinski definition) is 5. The van der Waals surface area contributed by atoms with Crippen LogP contribution in [-0.4, -0.2) is 18.7 Å². The zero-order valence-corrected chi connectivity index (χ0v) is 16.1. The molecule has 0 radical (unpaired) electrons. The minimum Gasteiger partial charge on any atom is -0.493 e. The van der Waals surface area contributed by atoms with E-state index in [0.717, 1.165) is 5.56 Å². The molecule has 28 heavy (non-hydrogen) atoms. The summed E-state index contributed by atoms with van der Waals surface area (Å²) in [6.45, 7) is 6.65. The van der Waals surface area contributed by atoms with Crippen LogP contribution in [0.5, 0.6) is 5.75 Å². The van der Waals surface area contributed by atoms with Crippen LogP contribution in [-0.2, 0) is 0 Å². The first-order valence-electron chi connectivity index (χ1n) is 9.02. The Morgan fingerprint density at radius 2 is 1.96 bits per heavy atom. The van der Waals surface area contributed by atoms with Gasteiger partial charge >= 0.3 is 0 Å². The van der Waals surface area contributed by atoms with Gasteiger partial charge in [0.25, 0.3) is 5.91 Å². The highest BCUT2D eigenvalue weighted by atomic mass is 16.5. The Labute approximate surface area is 162 Å². The summed E-state index contributed by atoms with van der Waals surface area (Å²) in [6.07, 6.45) is 2.61. The minimum atomic E-state index is -0.382. The summed E-state index contributed by atoms with van der Waals surface area (Å²) in [5, 5.41) is 4.35. The fourth-order valence-electron chi connectivity index (χ4n) is 2.54. The maximum atomic E-state index is 12.5. The van der Waals surface area contributed by atoms with Crippen LogP contribution in [0.15, 0.2) is 63.0 Å². The summed E-state index contributed by atoms with van der Waals surface area (Å²) in [4.78, 5) is 24.7. The molecule has 1 aromatic heterocycles. The molecule has 0 bridgehead atoms. The van der Waals surface area contributed by atoms with Crippen LogP contribution < -0.4 is 15.6 Å². The zero-order chi connectivity index (χ0) is 20.1. The molecule has 144 valence electrons. The van der Waals surface area contributed by atoms with Crippen LogP contribution in [0.25, 0.3) is 11.0 Å². The molecular weight excluding hydrogens is 356 g/mol. The van der Waals surface area contributed by atoms with Crippen molar-refractivity contribution in [2.45, 2.75) is 20.8 Å². The van der Waals surface area contributed by atoms with Crippen molar-refractivity contribution in [2.24, 2.45) is 11.0 Å². The van der Waals surface area contributed by atoms with Crippen molar-refractivity contribution in [1.82, 2.24) is 5.43 Å². The first-order valence-corrected chi connectivity index (χ1v) is 9.02. The molecule has 0 saturated heterocycles. The topological polar surface area (TPSA) is 80.9 Å². The monoisotopic (exact) mass is 378 g/mol. The van der Waals surface area contributed by atoms with Crippen LogP contribution >= 0.6 is 0 Å². The summed E-state index contributed by atoms with van der Waals surface area (Å²) in [6, 6.07) is 12.2. The molecule has 3 aromatic rings. The van der Waals surface area contributed by atoms with Crippen LogP contribution in [0.4, 0.5) is 0 Å². The van der Waals surface area contributed by atoms with Crippen molar-refractivity contribution in [3.63, 3.8) is 0 Å². The zero-order valence-electron chi connectivity index (χ0n) is 16.1. The average Bonchev–Trinajstić information content (AvgIpc) is 2.69. The van der Waals surface area contributed by atoms with Crippen LogP contribution in [0, 0.1) is 12.8 Å². The molecule has 6 heteroatoms. The third kappa shape index (κ3) is 4.65. The van der Waals surface area contributed by atoms with E-state index in [4.69, 9.17) is 9.15 Å². The maximum absolute atomic E-state index is 12.5. The summed E-state index contributed by atoms with van der Waals surface area (Å²) in [5.74, 6) is 0.750. The molecule has 0 aliphatic rings. The van der Waals surface area contributed by atoms with Crippen molar-refractivity contribution in [3.05, 3.63) is 75.6 Å². The van der Waals surface area contributed by atoms with Gasteiger partial charge in [-0.05, 0) is 49.2 Å². The number of nitrogens with one attached hydrogen (secondary N) is 1. The molecule has 2 aromatic carbocycles. The third-order valence-electron chi connectivity index (χ3n) is 4.02. The van der Waals surface area contributed by atoms with Crippen LogP contribution in [0.3, 0.4) is 0 Å². The van der Waals surface area contributed by atoms with Gasteiger partial charge in [-0.3, -0.25) is 9.59 Å². The van der Waals surface area contributed by atoms with Gasteiger partial charge < -0.3 is 9.15 Å². The van der Waals surface area contributed by atoms with E-state index in [0.29, 0.717) is 34.8 Å². The molecule has 3 rings (SSSR count). The molecule has 1 amide bonds.